The van der Waals surface area contributed by atoms with Crippen LogP contribution in [0.15, 0.2) is 66.9 Å². The highest BCUT2D eigenvalue weighted by Crippen LogP contribution is 2.13. The van der Waals surface area contributed by atoms with Crippen LogP contribution in [0.3, 0.4) is 0 Å². The number of rotatable bonds is 3. The van der Waals surface area contributed by atoms with Gasteiger partial charge in [-0.1, -0.05) is 48.5 Å². The van der Waals surface area contributed by atoms with Crippen LogP contribution >= 0.6 is 0 Å². The summed E-state index contributed by atoms with van der Waals surface area (Å²) in [6.45, 7) is 0.833. The molecule has 0 saturated heterocycles. The number of para-hydroxylation sites is 1. The Bertz CT molecular complexity index is 611. The molecule has 0 saturated carbocycles. The molecule has 0 atom stereocenters. The molecule has 3 rings (SSSR count). The maximum Gasteiger partial charge on any atom is 0.0692 e. The van der Waals surface area contributed by atoms with Crippen LogP contribution in [0.2, 0.25) is 0 Å². The third-order valence-electron chi connectivity index (χ3n) is 2.90. The van der Waals surface area contributed by atoms with Crippen molar-refractivity contribution in [1.29, 1.82) is 0 Å². The van der Waals surface area contributed by atoms with E-state index in [-0.39, 0.29) is 0 Å². The van der Waals surface area contributed by atoms with Crippen molar-refractivity contribution in [3.8, 4) is 0 Å². The van der Waals surface area contributed by atoms with E-state index < -0.39 is 0 Å². The van der Waals surface area contributed by atoms with Crippen LogP contribution in [0, 0.1) is 0 Å². The van der Waals surface area contributed by atoms with Crippen molar-refractivity contribution < 1.29 is 0 Å². The van der Waals surface area contributed by atoms with Gasteiger partial charge in [0.15, 0.2) is 0 Å². The number of fused-ring (bicyclic) bond motifs is 1. The first kappa shape index (κ1) is 9.97. The average molecular weight is 222 g/mol. The fourth-order valence-electron chi connectivity index (χ4n) is 1.99. The summed E-state index contributed by atoms with van der Waals surface area (Å²) in [4.78, 5) is 0. The quantitative estimate of drug-likeness (QED) is 0.718. The van der Waals surface area contributed by atoms with Gasteiger partial charge < -0.3 is 5.43 Å². The Labute approximate surface area is 100 Å². The highest BCUT2D eigenvalue weighted by atomic mass is 15.4. The van der Waals surface area contributed by atoms with Crippen molar-refractivity contribution in [3.63, 3.8) is 0 Å². The number of benzene rings is 2. The van der Waals surface area contributed by atoms with Crippen molar-refractivity contribution in [3.05, 3.63) is 72.4 Å². The fraction of sp³-hybridized carbons (Fsp3) is 0.0667. The average Bonchev–Trinajstić information content (AvgIpc) is 2.81. The minimum absolute atomic E-state index is 0.833. The lowest BCUT2D eigenvalue weighted by atomic mass is 10.2. The maximum absolute atomic E-state index is 3.40. The predicted octanol–water partition coefficient (Wildman–Crippen LogP) is 3.39. The van der Waals surface area contributed by atoms with Crippen LogP contribution in [0.4, 0.5) is 0 Å². The second kappa shape index (κ2) is 4.34. The Morgan fingerprint density at radius 2 is 1.59 bits per heavy atom. The molecule has 0 spiro atoms. The molecule has 17 heavy (non-hydrogen) atoms. The van der Waals surface area contributed by atoms with Crippen molar-refractivity contribution in [2.75, 3.05) is 5.43 Å². The van der Waals surface area contributed by atoms with E-state index in [4.69, 9.17) is 0 Å². The van der Waals surface area contributed by atoms with Gasteiger partial charge in [0.05, 0.1) is 12.1 Å². The smallest absolute Gasteiger partial charge is 0.0692 e. The molecule has 1 heterocycles. The largest absolute Gasteiger partial charge is 0.321 e. The minimum Gasteiger partial charge on any atom is -0.321 e. The number of hydrogen-bond acceptors (Lipinski definition) is 1. The van der Waals surface area contributed by atoms with E-state index in [2.05, 4.69) is 70.9 Å². The highest BCUT2D eigenvalue weighted by molar-refractivity contribution is 5.80. The van der Waals surface area contributed by atoms with Gasteiger partial charge in [0, 0.05) is 11.6 Å². The summed E-state index contributed by atoms with van der Waals surface area (Å²) in [5.74, 6) is 0. The third-order valence-corrected chi connectivity index (χ3v) is 2.90. The first-order valence-corrected chi connectivity index (χ1v) is 5.77. The molecular formula is C15H14N2. The summed E-state index contributed by atoms with van der Waals surface area (Å²) in [7, 11) is 0. The number of aromatic nitrogens is 1. The predicted molar refractivity (Wildman–Crippen MR) is 71.4 cm³/mol. The van der Waals surface area contributed by atoms with Crippen LogP contribution in [-0.4, -0.2) is 4.68 Å². The highest BCUT2D eigenvalue weighted by Gasteiger charge is 1.98. The second-order valence-corrected chi connectivity index (χ2v) is 4.07. The molecule has 3 aromatic rings. The molecule has 1 aromatic heterocycles. The Kier molecular flexibility index (Phi) is 2.54. The first-order valence-electron chi connectivity index (χ1n) is 5.77. The van der Waals surface area contributed by atoms with Crippen molar-refractivity contribution in [1.82, 2.24) is 4.68 Å². The fourth-order valence-corrected chi connectivity index (χ4v) is 1.99. The zero-order chi connectivity index (χ0) is 11.5. The Hall–Kier alpha value is -2.22. The van der Waals surface area contributed by atoms with Crippen molar-refractivity contribution in [2.45, 2.75) is 6.54 Å². The monoisotopic (exact) mass is 222 g/mol. The van der Waals surface area contributed by atoms with Gasteiger partial charge >= 0.3 is 0 Å². The molecule has 0 amide bonds. The van der Waals surface area contributed by atoms with Gasteiger partial charge in [-0.2, -0.15) is 0 Å². The number of nitrogens with one attached hydrogen (secondary N) is 1. The molecule has 2 heteroatoms. The molecule has 2 aromatic carbocycles. The molecule has 0 aliphatic rings. The van der Waals surface area contributed by atoms with E-state index in [9.17, 15) is 0 Å². The lowest BCUT2D eigenvalue weighted by Crippen LogP contribution is -2.12. The molecule has 0 radical (unpaired) electrons. The molecular weight excluding hydrogens is 208 g/mol. The second-order valence-electron chi connectivity index (χ2n) is 4.07. The molecule has 84 valence electrons. The summed E-state index contributed by atoms with van der Waals surface area (Å²) in [6, 6.07) is 20.9. The molecule has 0 aliphatic heterocycles. The van der Waals surface area contributed by atoms with E-state index in [0.29, 0.717) is 0 Å². The summed E-state index contributed by atoms with van der Waals surface area (Å²) < 4.78 is 2.07. The Morgan fingerprint density at radius 1 is 0.824 bits per heavy atom. The van der Waals surface area contributed by atoms with Gasteiger partial charge in [0.2, 0.25) is 0 Å². The van der Waals surface area contributed by atoms with E-state index in [0.717, 1.165) is 6.54 Å². The Balaban J connectivity index is 1.82. The van der Waals surface area contributed by atoms with Crippen LogP contribution in [0.5, 0.6) is 0 Å². The summed E-state index contributed by atoms with van der Waals surface area (Å²) in [5, 5.41) is 1.26. The first-order chi connectivity index (χ1) is 8.43. The van der Waals surface area contributed by atoms with E-state index in [1.165, 1.54) is 16.5 Å². The van der Waals surface area contributed by atoms with Gasteiger partial charge in [-0.3, -0.25) is 4.68 Å². The van der Waals surface area contributed by atoms with Gasteiger partial charge in [-0.05, 0) is 17.7 Å². The molecule has 0 aliphatic carbocycles. The lowest BCUT2D eigenvalue weighted by Gasteiger charge is -2.09. The summed E-state index contributed by atoms with van der Waals surface area (Å²) in [5.41, 5.74) is 5.89. The number of nitrogens with zero attached hydrogens (tertiary/aromatic N) is 1. The zero-order valence-corrected chi connectivity index (χ0v) is 9.51. The van der Waals surface area contributed by atoms with Crippen molar-refractivity contribution in [2.24, 2.45) is 0 Å². The molecule has 2 nitrogen and oxygen atoms in total. The van der Waals surface area contributed by atoms with Crippen LogP contribution in [0.1, 0.15) is 5.56 Å². The van der Waals surface area contributed by atoms with Gasteiger partial charge in [0.1, 0.15) is 0 Å². The molecule has 1 N–H and O–H groups in total. The maximum atomic E-state index is 3.40. The van der Waals surface area contributed by atoms with Crippen molar-refractivity contribution >= 4 is 10.9 Å². The van der Waals surface area contributed by atoms with E-state index in [1.807, 2.05) is 6.07 Å². The van der Waals surface area contributed by atoms with E-state index in [1.54, 1.807) is 0 Å². The molecule has 0 fully saturated rings. The number of hydrogen-bond donors (Lipinski definition) is 1. The summed E-state index contributed by atoms with van der Waals surface area (Å²) >= 11 is 0. The zero-order valence-electron chi connectivity index (χ0n) is 9.51. The third kappa shape index (κ3) is 2.02. The molecule has 0 bridgehead atoms. The topological polar surface area (TPSA) is 17.0 Å². The minimum atomic E-state index is 0.833. The molecule has 0 unspecified atom stereocenters. The van der Waals surface area contributed by atoms with E-state index >= 15 is 0 Å². The van der Waals surface area contributed by atoms with Gasteiger partial charge in [0.25, 0.3) is 0 Å². The van der Waals surface area contributed by atoms with Gasteiger partial charge in [-0.25, -0.2) is 0 Å². The van der Waals surface area contributed by atoms with Crippen LogP contribution in [0.25, 0.3) is 10.9 Å². The van der Waals surface area contributed by atoms with Crippen LogP contribution in [-0.2, 0) is 6.54 Å². The standard InChI is InChI=1S/C15H14N2/c1-2-6-13(7-3-1)12-16-17-11-10-14-8-4-5-9-15(14)17/h1-11,16H,12H2. The SMILES string of the molecule is c1ccc(CNn2ccc3ccccc32)cc1. The Morgan fingerprint density at radius 3 is 2.47 bits per heavy atom. The lowest BCUT2D eigenvalue weighted by molar-refractivity contribution is 0.874. The van der Waals surface area contributed by atoms with Gasteiger partial charge in [-0.15, -0.1) is 0 Å². The normalized spacial score (nSPS) is 10.6. The van der Waals surface area contributed by atoms with Crippen LogP contribution < -0.4 is 5.43 Å². The summed E-state index contributed by atoms with van der Waals surface area (Å²) in [6.07, 6.45) is 2.06.